The highest BCUT2D eigenvalue weighted by atomic mass is 16.5. The lowest BCUT2D eigenvalue weighted by atomic mass is 10.2. The molecule has 0 aromatic carbocycles. The molecule has 5 nitrogen and oxygen atoms in total. The van der Waals surface area contributed by atoms with Gasteiger partial charge in [-0.2, -0.15) is 0 Å². The zero-order chi connectivity index (χ0) is 12.7. The van der Waals surface area contributed by atoms with E-state index in [-0.39, 0.29) is 11.7 Å². The molecule has 1 unspecified atom stereocenters. The van der Waals surface area contributed by atoms with Crippen molar-refractivity contribution in [3.8, 4) is 0 Å². The third-order valence-electron chi connectivity index (χ3n) is 2.14. The molecule has 0 radical (unpaired) electrons. The van der Waals surface area contributed by atoms with Crippen LogP contribution >= 0.6 is 0 Å². The van der Waals surface area contributed by atoms with E-state index in [4.69, 9.17) is 14.6 Å². The molecule has 1 aromatic rings. The quantitative estimate of drug-likeness (QED) is 0.784. The Bertz CT molecular complexity index is 350. The van der Waals surface area contributed by atoms with Crippen LogP contribution in [-0.2, 0) is 16.1 Å². The van der Waals surface area contributed by atoms with Crippen molar-refractivity contribution in [2.45, 2.75) is 26.6 Å². The molecule has 1 aromatic heterocycles. The topological polar surface area (TPSA) is 68.7 Å². The summed E-state index contributed by atoms with van der Waals surface area (Å²) in [6.07, 6.45) is 1.32. The predicted octanol–water partition coefficient (Wildman–Crippen LogP) is 1.72. The molecule has 1 rings (SSSR count). The van der Waals surface area contributed by atoms with Crippen molar-refractivity contribution in [1.82, 2.24) is 4.98 Å². The normalized spacial score (nSPS) is 12.4. The number of hydrogen-bond donors (Lipinski definition) is 1. The Morgan fingerprint density at radius 3 is 2.82 bits per heavy atom. The first-order chi connectivity index (χ1) is 8.13. The van der Waals surface area contributed by atoms with Gasteiger partial charge in [-0.15, -0.1) is 0 Å². The smallest absolute Gasteiger partial charge is 0.337 e. The van der Waals surface area contributed by atoms with Gasteiger partial charge in [-0.25, -0.2) is 4.79 Å². The van der Waals surface area contributed by atoms with Crippen LogP contribution < -0.4 is 0 Å². The van der Waals surface area contributed by atoms with Crippen LogP contribution in [0.15, 0.2) is 18.3 Å². The van der Waals surface area contributed by atoms with Crippen LogP contribution in [-0.4, -0.2) is 35.4 Å². The standard InChI is InChI=1S/C12H17NO4/c1-3-16-7-9(2)17-8-11-5-4-10(6-13-11)12(14)15/h4-6,9H,3,7-8H2,1-2H3,(H,14,15). The first-order valence-electron chi connectivity index (χ1n) is 5.51. The molecule has 0 aliphatic rings. The van der Waals surface area contributed by atoms with Crippen molar-refractivity contribution in [3.05, 3.63) is 29.6 Å². The fourth-order valence-corrected chi connectivity index (χ4v) is 1.20. The maximum Gasteiger partial charge on any atom is 0.337 e. The Hall–Kier alpha value is -1.46. The summed E-state index contributed by atoms with van der Waals surface area (Å²) in [7, 11) is 0. The molecule has 94 valence electrons. The maximum atomic E-state index is 10.6. The molecule has 0 saturated heterocycles. The van der Waals surface area contributed by atoms with Crippen molar-refractivity contribution in [1.29, 1.82) is 0 Å². The summed E-state index contributed by atoms with van der Waals surface area (Å²) in [5, 5.41) is 8.70. The highest BCUT2D eigenvalue weighted by molar-refractivity contribution is 5.87. The largest absolute Gasteiger partial charge is 0.478 e. The summed E-state index contributed by atoms with van der Waals surface area (Å²) in [6, 6.07) is 3.16. The average Bonchev–Trinajstić information content (AvgIpc) is 2.34. The zero-order valence-electron chi connectivity index (χ0n) is 10.0. The number of carboxylic acids is 1. The zero-order valence-corrected chi connectivity index (χ0v) is 10.0. The van der Waals surface area contributed by atoms with Gasteiger partial charge in [-0.1, -0.05) is 0 Å². The fraction of sp³-hybridized carbons (Fsp3) is 0.500. The van der Waals surface area contributed by atoms with Gasteiger partial charge in [0.1, 0.15) is 0 Å². The Morgan fingerprint density at radius 2 is 2.29 bits per heavy atom. The summed E-state index contributed by atoms with van der Waals surface area (Å²) in [5.74, 6) is -0.977. The Balaban J connectivity index is 2.39. The molecule has 0 amide bonds. The number of hydrogen-bond acceptors (Lipinski definition) is 4. The van der Waals surface area contributed by atoms with Crippen molar-refractivity contribution >= 4 is 5.97 Å². The van der Waals surface area contributed by atoms with Crippen molar-refractivity contribution in [2.75, 3.05) is 13.2 Å². The number of pyridine rings is 1. The Morgan fingerprint density at radius 1 is 1.53 bits per heavy atom. The summed E-state index contributed by atoms with van der Waals surface area (Å²) >= 11 is 0. The molecular formula is C12H17NO4. The molecule has 0 spiro atoms. The van der Waals surface area contributed by atoms with E-state index in [1.165, 1.54) is 12.3 Å². The number of rotatable bonds is 7. The molecule has 0 aliphatic heterocycles. The number of ether oxygens (including phenoxy) is 2. The van der Waals surface area contributed by atoms with E-state index in [1.807, 2.05) is 13.8 Å². The monoisotopic (exact) mass is 239 g/mol. The number of nitrogens with zero attached hydrogens (tertiary/aromatic N) is 1. The van der Waals surface area contributed by atoms with Crippen molar-refractivity contribution in [3.63, 3.8) is 0 Å². The van der Waals surface area contributed by atoms with E-state index in [1.54, 1.807) is 6.07 Å². The summed E-state index contributed by atoms with van der Waals surface area (Å²) in [6.45, 7) is 5.41. The number of carboxylic acid groups (broad SMARTS) is 1. The molecule has 5 heteroatoms. The number of carbonyl (C=O) groups is 1. The molecule has 0 aliphatic carbocycles. The van der Waals surface area contributed by atoms with Crippen LogP contribution in [0.3, 0.4) is 0 Å². The van der Waals surface area contributed by atoms with Gasteiger partial charge in [0.2, 0.25) is 0 Å². The van der Waals surface area contributed by atoms with Gasteiger partial charge in [0.15, 0.2) is 0 Å². The Labute approximate surface area is 100 Å². The van der Waals surface area contributed by atoms with Gasteiger partial charge in [0.05, 0.1) is 30.6 Å². The van der Waals surface area contributed by atoms with E-state index in [2.05, 4.69) is 4.98 Å². The summed E-state index contributed by atoms with van der Waals surface area (Å²) in [5.41, 5.74) is 0.884. The van der Waals surface area contributed by atoms with Gasteiger partial charge < -0.3 is 14.6 Å². The number of aromatic nitrogens is 1. The van der Waals surface area contributed by atoms with Crippen LogP contribution in [0, 0.1) is 0 Å². The van der Waals surface area contributed by atoms with Crippen LogP contribution in [0.1, 0.15) is 29.9 Å². The lowest BCUT2D eigenvalue weighted by Gasteiger charge is -2.12. The molecule has 1 heterocycles. The minimum atomic E-state index is -0.977. The lowest BCUT2D eigenvalue weighted by Crippen LogP contribution is -2.16. The second kappa shape index (κ2) is 6.98. The van der Waals surface area contributed by atoms with Gasteiger partial charge in [0, 0.05) is 12.8 Å². The van der Waals surface area contributed by atoms with Crippen molar-refractivity contribution in [2.24, 2.45) is 0 Å². The molecular weight excluding hydrogens is 222 g/mol. The Kier molecular flexibility index (Phi) is 5.59. The second-order valence-electron chi connectivity index (χ2n) is 3.62. The molecule has 1 N–H and O–H groups in total. The number of aromatic carboxylic acids is 1. The highest BCUT2D eigenvalue weighted by Gasteiger charge is 2.05. The van der Waals surface area contributed by atoms with E-state index < -0.39 is 5.97 Å². The van der Waals surface area contributed by atoms with Gasteiger partial charge in [-0.05, 0) is 26.0 Å². The average molecular weight is 239 g/mol. The molecule has 0 saturated carbocycles. The summed E-state index contributed by atoms with van der Waals surface area (Å²) in [4.78, 5) is 14.6. The van der Waals surface area contributed by atoms with Crippen LogP contribution in [0.4, 0.5) is 0 Å². The van der Waals surface area contributed by atoms with Crippen molar-refractivity contribution < 1.29 is 19.4 Å². The third-order valence-corrected chi connectivity index (χ3v) is 2.14. The van der Waals surface area contributed by atoms with E-state index in [0.717, 1.165) is 0 Å². The van der Waals surface area contributed by atoms with Crippen LogP contribution in [0.2, 0.25) is 0 Å². The lowest BCUT2D eigenvalue weighted by molar-refractivity contribution is -0.0127. The third kappa shape index (κ3) is 4.93. The van der Waals surface area contributed by atoms with Gasteiger partial charge >= 0.3 is 5.97 Å². The van der Waals surface area contributed by atoms with E-state index >= 15 is 0 Å². The maximum absolute atomic E-state index is 10.6. The molecule has 0 bridgehead atoms. The fourth-order valence-electron chi connectivity index (χ4n) is 1.20. The molecule has 0 fully saturated rings. The molecule has 17 heavy (non-hydrogen) atoms. The van der Waals surface area contributed by atoms with Crippen LogP contribution in [0.5, 0.6) is 0 Å². The summed E-state index contributed by atoms with van der Waals surface area (Å²) < 4.78 is 10.7. The predicted molar refractivity (Wildman–Crippen MR) is 61.9 cm³/mol. The van der Waals surface area contributed by atoms with E-state index in [9.17, 15) is 4.79 Å². The van der Waals surface area contributed by atoms with Gasteiger partial charge in [-0.3, -0.25) is 4.98 Å². The minimum Gasteiger partial charge on any atom is -0.478 e. The van der Waals surface area contributed by atoms with Gasteiger partial charge in [0.25, 0.3) is 0 Å². The minimum absolute atomic E-state index is 0.00380. The van der Waals surface area contributed by atoms with Crippen LogP contribution in [0.25, 0.3) is 0 Å². The van der Waals surface area contributed by atoms with E-state index in [0.29, 0.717) is 25.5 Å². The first kappa shape index (κ1) is 13.6. The molecule has 1 atom stereocenters. The first-order valence-corrected chi connectivity index (χ1v) is 5.51. The second-order valence-corrected chi connectivity index (χ2v) is 3.62. The highest BCUT2D eigenvalue weighted by Crippen LogP contribution is 2.04. The SMILES string of the molecule is CCOCC(C)OCc1ccc(C(=O)O)cn1.